The van der Waals surface area contributed by atoms with Crippen molar-refractivity contribution in [2.45, 2.75) is 52.7 Å². The van der Waals surface area contributed by atoms with Crippen molar-refractivity contribution in [1.29, 1.82) is 0 Å². The van der Waals surface area contributed by atoms with E-state index in [1.165, 1.54) is 0 Å². The SMILES string of the molecule is CC(C)CC(=O)O.CC(C)CC(=O)O.O=C1O[C@H]([C@@H](O)CO)C(O)=C1O. The van der Waals surface area contributed by atoms with Gasteiger partial charge < -0.3 is 35.4 Å². The van der Waals surface area contributed by atoms with E-state index in [1.54, 1.807) is 0 Å². The smallest absolute Gasteiger partial charge is 0.377 e. The van der Waals surface area contributed by atoms with Crippen LogP contribution >= 0.6 is 0 Å². The summed E-state index contributed by atoms with van der Waals surface area (Å²) >= 11 is 0. The van der Waals surface area contributed by atoms with Crippen molar-refractivity contribution >= 4 is 17.9 Å². The van der Waals surface area contributed by atoms with Gasteiger partial charge in [0.25, 0.3) is 0 Å². The molecule has 26 heavy (non-hydrogen) atoms. The highest BCUT2D eigenvalue weighted by atomic mass is 16.6. The molecule has 10 nitrogen and oxygen atoms in total. The van der Waals surface area contributed by atoms with Gasteiger partial charge in [-0.25, -0.2) is 4.79 Å². The number of carboxylic acid groups (broad SMARTS) is 2. The minimum Gasteiger partial charge on any atom is -0.505 e. The number of carboxylic acids is 2. The van der Waals surface area contributed by atoms with Gasteiger partial charge in [0.2, 0.25) is 5.76 Å². The Morgan fingerprint density at radius 2 is 1.38 bits per heavy atom. The largest absolute Gasteiger partial charge is 0.505 e. The number of aliphatic hydroxyl groups excluding tert-OH is 4. The van der Waals surface area contributed by atoms with Crippen molar-refractivity contribution < 1.29 is 49.8 Å². The number of hydrogen-bond acceptors (Lipinski definition) is 8. The van der Waals surface area contributed by atoms with Gasteiger partial charge in [-0.1, -0.05) is 27.7 Å². The average molecular weight is 380 g/mol. The summed E-state index contributed by atoms with van der Waals surface area (Å²) in [6.07, 6.45) is -2.22. The van der Waals surface area contributed by atoms with Crippen molar-refractivity contribution in [3.05, 3.63) is 11.5 Å². The fourth-order valence-corrected chi connectivity index (χ4v) is 1.52. The third-order valence-electron chi connectivity index (χ3n) is 2.64. The van der Waals surface area contributed by atoms with Crippen LogP contribution in [0.2, 0.25) is 0 Å². The molecule has 1 heterocycles. The van der Waals surface area contributed by atoms with Gasteiger partial charge in [0.1, 0.15) is 6.10 Å². The zero-order chi connectivity index (χ0) is 21.0. The summed E-state index contributed by atoms with van der Waals surface area (Å²) in [4.78, 5) is 30.2. The van der Waals surface area contributed by atoms with Crippen molar-refractivity contribution in [3.63, 3.8) is 0 Å². The van der Waals surface area contributed by atoms with Gasteiger partial charge in [0.15, 0.2) is 11.9 Å². The number of aliphatic hydroxyl groups is 4. The molecule has 0 saturated carbocycles. The summed E-state index contributed by atoms with van der Waals surface area (Å²) in [5, 5.41) is 51.2. The number of cyclic esters (lactones) is 1. The number of rotatable bonds is 6. The molecule has 152 valence electrons. The lowest BCUT2D eigenvalue weighted by Gasteiger charge is -2.13. The molecular formula is C16H28O10. The van der Waals surface area contributed by atoms with E-state index in [2.05, 4.69) is 4.74 Å². The number of esters is 1. The summed E-state index contributed by atoms with van der Waals surface area (Å²) in [5.41, 5.74) is 0. The number of carbonyl (C=O) groups is 3. The molecule has 0 spiro atoms. The van der Waals surface area contributed by atoms with Gasteiger partial charge in [0.05, 0.1) is 6.61 Å². The summed E-state index contributed by atoms with van der Waals surface area (Å²) in [7, 11) is 0. The summed E-state index contributed by atoms with van der Waals surface area (Å²) in [6.45, 7) is 6.86. The minimum absolute atomic E-state index is 0.275. The quantitative estimate of drug-likeness (QED) is 0.361. The highest BCUT2D eigenvalue weighted by Gasteiger charge is 2.38. The van der Waals surface area contributed by atoms with Gasteiger partial charge in [-0.3, -0.25) is 9.59 Å². The molecule has 0 fully saturated rings. The lowest BCUT2D eigenvalue weighted by molar-refractivity contribution is -0.147. The second kappa shape index (κ2) is 13.0. The molecule has 0 aromatic rings. The van der Waals surface area contributed by atoms with Crippen LogP contribution in [-0.4, -0.2) is 67.4 Å². The van der Waals surface area contributed by atoms with Gasteiger partial charge >= 0.3 is 17.9 Å². The first-order chi connectivity index (χ1) is 11.8. The third kappa shape index (κ3) is 12.1. The van der Waals surface area contributed by atoms with Gasteiger partial charge in [-0.15, -0.1) is 0 Å². The summed E-state index contributed by atoms with van der Waals surface area (Å²) < 4.78 is 4.32. The van der Waals surface area contributed by atoms with Crippen molar-refractivity contribution in [2.24, 2.45) is 11.8 Å². The molecule has 1 aliphatic rings. The first-order valence-electron chi connectivity index (χ1n) is 7.88. The Bertz CT molecular complexity index is 475. The molecule has 0 aromatic heterocycles. The summed E-state index contributed by atoms with van der Waals surface area (Å²) in [5.74, 6) is -3.65. The monoisotopic (exact) mass is 380 g/mol. The maximum atomic E-state index is 10.5. The number of aliphatic carboxylic acids is 2. The molecule has 6 N–H and O–H groups in total. The Hall–Kier alpha value is -2.33. The van der Waals surface area contributed by atoms with E-state index in [0.29, 0.717) is 0 Å². The van der Waals surface area contributed by atoms with Gasteiger partial charge in [-0.05, 0) is 11.8 Å². The second-order valence-electron chi connectivity index (χ2n) is 6.29. The van der Waals surface area contributed by atoms with Crippen LogP contribution in [0.3, 0.4) is 0 Å². The molecule has 0 aliphatic carbocycles. The first-order valence-corrected chi connectivity index (χ1v) is 7.88. The first kappa shape index (κ1) is 25.9. The maximum absolute atomic E-state index is 10.5. The van der Waals surface area contributed by atoms with Gasteiger partial charge in [-0.2, -0.15) is 0 Å². The predicted octanol–water partition coefficient (Wildman–Crippen LogP) is 0.827. The van der Waals surface area contributed by atoms with Crippen LogP contribution in [0.4, 0.5) is 0 Å². The minimum atomic E-state index is -1.42. The molecular weight excluding hydrogens is 352 g/mol. The predicted molar refractivity (Wildman–Crippen MR) is 89.4 cm³/mol. The van der Waals surface area contributed by atoms with E-state index in [1.807, 2.05) is 27.7 Å². The lowest BCUT2D eigenvalue weighted by Crippen LogP contribution is -2.31. The average Bonchev–Trinajstić information content (AvgIpc) is 2.72. The van der Waals surface area contributed by atoms with Crippen LogP contribution in [0.1, 0.15) is 40.5 Å². The van der Waals surface area contributed by atoms with Crippen LogP contribution in [0.15, 0.2) is 11.5 Å². The second-order valence-corrected chi connectivity index (χ2v) is 6.29. The molecule has 1 aliphatic heterocycles. The van der Waals surface area contributed by atoms with Crippen molar-refractivity contribution in [3.8, 4) is 0 Å². The Labute approximate surface area is 151 Å². The Balaban J connectivity index is 0. The molecule has 10 heteroatoms. The molecule has 2 atom stereocenters. The molecule has 0 amide bonds. The van der Waals surface area contributed by atoms with Crippen LogP contribution in [-0.2, 0) is 19.1 Å². The van der Waals surface area contributed by atoms with E-state index in [0.717, 1.165) is 0 Å². The third-order valence-corrected chi connectivity index (χ3v) is 2.64. The topological polar surface area (TPSA) is 182 Å². The maximum Gasteiger partial charge on any atom is 0.377 e. The zero-order valence-corrected chi connectivity index (χ0v) is 15.2. The molecule has 0 unspecified atom stereocenters. The van der Waals surface area contributed by atoms with Crippen molar-refractivity contribution in [1.82, 2.24) is 0 Å². The van der Waals surface area contributed by atoms with E-state index in [9.17, 15) is 14.4 Å². The molecule has 0 aromatic carbocycles. The highest BCUT2D eigenvalue weighted by Crippen LogP contribution is 2.20. The lowest BCUT2D eigenvalue weighted by atomic mass is 10.1. The molecule has 0 radical (unpaired) electrons. The van der Waals surface area contributed by atoms with E-state index < -0.39 is 48.2 Å². The molecule has 0 bridgehead atoms. The highest BCUT2D eigenvalue weighted by molar-refractivity contribution is 5.89. The van der Waals surface area contributed by atoms with Crippen LogP contribution < -0.4 is 0 Å². The number of ether oxygens (including phenoxy) is 1. The Morgan fingerprint density at radius 3 is 1.54 bits per heavy atom. The molecule has 1 rings (SSSR count). The van der Waals surface area contributed by atoms with E-state index >= 15 is 0 Å². The summed E-state index contributed by atoms with van der Waals surface area (Å²) in [6, 6.07) is 0. The van der Waals surface area contributed by atoms with Crippen molar-refractivity contribution in [2.75, 3.05) is 6.61 Å². The van der Waals surface area contributed by atoms with E-state index in [4.69, 9.17) is 30.6 Å². The van der Waals surface area contributed by atoms with Crippen LogP contribution in [0.25, 0.3) is 0 Å². The normalized spacial score (nSPS) is 17.1. The van der Waals surface area contributed by atoms with E-state index in [-0.39, 0.29) is 24.7 Å². The number of hydrogen-bond donors (Lipinski definition) is 6. The number of carbonyl (C=O) groups excluding carboxylic acids is 1. The fourth-order valence-electron chi connectivity index (χ4n) is 1.52. The Kier molecular flexibility index (Phi) is 12.9. The van der Waals surface area contributed by atoms with Crippen LogP contribution in [0.5, 0.6) is 0 Å². The Morgan fingerprint density at radius 1 is 1.00 bits per heavy atom. The van der Waals surface area contributed by atoms with Crippen LogP contribution in [0, 0.1) is 11.8 Å². The standard InChI is InChI=1S/C6H8O6.2C5H10O2/c7-1-2(8)5-3(9)4(10)6(11)12-5;2*1-4(2)3-5(6)7/h2,5,7-10H,1H2;2*4H,3H2,1-2H3,(H,6,7)/t2-,5+;;/m0../s1. The fraction of sp³-hybridized carbons (Fsp3) is 0.688. The molecule has 0 saturated heterocycles. The van der Waals surface area contributed by atoms with Gasteiger partial charge in [0, 0.05) is 12.8 Å². The zero-order valence-electron chi connectivity index (χ0n) is 15.2.